The molecule has 0 bridgehead atoms. The fourth-order valence-electron chi connectivity index (χ4n) is 1.26. The van der Waals surface area contributed by atoms with Gasteiger partial charge in [-0.05, 0) is 19.9 Å². The lowest BCUT2D eigenvalue weighted by molar-refractivity contribution is -0.123. The number of rotatable bonds is 6. The number of hydrogen-bond acceptors (Lipinski definition) is 4. The maximum atomic E-state index is 11.5. The molecule has 0 aliphatic heterocycles. The van der Waals surface area contributed by atoms with Crippen molar-refractivity contribution in [2.45, 2.75) is 25.8 Å². The van der Waals surface area contributed by atoms with Crippen molar-refractivity contribution in [3.8, 4) is 0 Å². The van der Waals surface area contributed by atoms with Crippen molar-refractivity contribution in [2.75, 3.05) is 13.2 Å². The highest BCUT2D eigenvalue weighted by molar-refractivity contribution is 5.94. The van der Waals surface area contributed by atoms with E-state index >= 15 is 0 Å². The summed E-state index contributed by atoms with van der Waals surface area (Å²) in [6.07, 6.45) is 2.91. The molecule has 0 unspecified atom stereocenters. The quantitative estimate of drug-likeness (QED) is 0.680. The minimum Gasteiger partial charge on any atom is -0.472 e. The number of furan rings is 1. The van der Waals surface area contributed by atoms with E-state index in [2.05, 4.69) is 10.6 Å². The molecule has 0 saturated heterocycles. The van der Waals surface area contributed by atoms with E-state index in [0.29, 0.717) is 5.56 Å². The number of hydrogen-bond donors (Lipinski definition) is 3. The predicted molar refractivity (Wildman–Crippen MR) is 65.0 cm³/mol. The summed E-state index contributed by atoms with van der Waals surface area (Å²) >= 11 is 0. The molecular weight excluding hydrogens is 236 g/mol. The third kappa shape index (κ3) is 4.58. The Hall–Kier alpha value is -1.82. The summed E-state index contributed by atoms with van der Waals surface area (Å²) in [5.74, 6) is -0.500. The van der Waals surface area contributed by atoms with Gasteiger partial charge >= 0.3 is 0 Å². The first-order valence-corrected chi connectivity index (χ1v) is 5.67. The molecule has 0 aromatic carbocycles. The van der Waals surface area contributed by atoms with E-state index in [1.54, 1.807) is 19.9 Å². The average molecular weight is 254 g/mol. The molecule has 0 spiro atoms. The monoisotopic (exact) mass is 254 g/mol. The highest BCUT2D eigenvalue weighted by Crippen LogP contribution is 2.01. The van der Waals surface area contributed by atoms with Crippen LogP contribution in [0.5, 0.6) is 0 Å². The molecule has 0 fully saturated rings. The minimum atomic E-state index is -0.647. The van der Waals surface area contributed by atoms with Crippen LogP contribution in [0.25, 0.3) is 0 Å². The Balaban J connectivity index is 2.26. The Bertz CT molecular complexity index is 398. The van der Waals surface area contributed by atoms with Gasteiger partial charge in [-0.2, -0.15) is 0 Å². The highest BCUT2D eigenvalue weighted by atomic mass is 16.3. The summed E-state index contributed by atoms with van der Waals surface area (Å²) in [5, 5.41) is 14.2. The number of aliphatic hydroxyl groups is 1. The summed E-state index contributed by atoms with van der Waals surface area (Å²) in [4.78, 5) is 23.0. The Morgan fingerprint density at radius 1 is 1.44 bits per heavy atom. The van der Waals surface area contributed by atoms with Crippen LogP contribution in [0.15, 0.2) is 23.0 Å². The van der Waals surface area contributed by atoms with Gasteiger partial charge in [0.25, 0.3) is 5.91 Å². The van der Waals surface area contributed by atoms with Crippen molar-refractivity contribution in [1.29, 1.82) is 0 Å². The number of carbonyl (C=O) groups is 2. The van der Waals surface area contributed by atoms with Crippen molar-refractivity contribution in [2.24, 2.45) is 0 Å². The zero-order valence-electron chi connectivity index (χ0n) is 10.5. The molecule has 3 N–H and O–H groups in total. The van der Waals surface area contributed by atoms with Gasteiger partial charge in [0, 0.05) is 13.0 Å². The van der Waals surface area contributed by atoms with Crippen LogP contribution in [-0.4, -0.2) is 35.6 Å². The maximum Gasteiger partial charge on any atom is 0.254 e. The lowest BCUT2D eigenvalue weighted by atomic mass is 10.1. The molecular formula is C12H18N2O4. The second-order valence-electron chi connectivity index (χ2n) is 4.61. The highest BCUT2D eigenvalue weighted by Gasteiger charge is 2.18. The molecule has 100 valence electrons. The summed E-state index contributed by atoms with van der Waals surface area (Å²) in [7, 11) is 0. The zero-order valence-corrected chi connectivity index (χ0v) is 10.5. The Kier molecular flexibility index (Phi) is 4.91. The molecule has 0 radical (unpaired) electrons. The molecule has 0 atom stereocenters. The summed E-state index contributed by atoms with van der Waals surface area (Å²) < 4.78 is 4.78. The fraction of sp³-hybridized carbons (Fsp3) is 0.500. The Morgan fingerprint density at radius 3 is 2.72 bits per heavy atom. The summed E-state index contributed by atoms with van der Waals surface area (Å²) in [6.45, 7) is 3.53. The largest absolute Gasteiger partial charge is 0.472 e. The van der Waals surface area contributed by atoms with E-state index in [-0.39, 0.29) is 31.4 Å². The van der Waals surface area contributed by atoms with Crippen molar-refractivity contribution in [3.05, 3.63) is 24.2 Å². The molecule has 1 heterocycles. The topological polar surface area (TPSA) is 91.6 Å². The van der Waals surface area contributed by atoms with Gasteiger partial charge in [0.15, 0.2) is 0 Å². The first kappa shape index (κ1) is 14.2. The van der Waals surface area contributed by atoms with Crippen LogP contribution in [0.1, 0.15) is 30.6 Å². The number of aliphatic hydroxyl groups excluding tert-OH is 1. The van der Waals surface area contributed by atoms with Gasteiger partial charge in [0.2, 0.25) is 5.91 Å². The molecule has 6 heteroatoms. The summed E-state index contributed by atoms with van der Waals surface area (Å²) in [5.41, 5.74) is -0.225. The van der Waals surface area contributed by atoms with Crippen LogP contribution in [0.4, 0.5) is 0 Å². The van der Waals surface area contributed by atoms with Crippen LogP contribution in [-0.2, 0) is 4.79 Å². The zero-order chi connectivity index (χ0) is 13.6. The number of nitrogens with one attached hydrogen (secondary N) is 2. The Morgan fingerprint density at radius 2 is 2.17 bits per heavy atom. The van der Waals surface area contributed by atoms with Gasteiger partial charge in [-0.15, -0.1) is 0 Å². The van der Waals surface area contributed by atoms with Gasteiger partial charge in [-0.3, -0.25) is 9.59 Å². The van der Waals surface area contributed by atoms with Gasteiger partial charge in [0.05, 0.1) is 24.0 Å². The molecule has 0 saturated carbocycles. The van der Waals surface area contributed by atoms with Crippen LogP contribution in [0.2, 0.25) is 0 Å². The molecule has 1 rings (SSSR count). The van der Waals surface area contributed by atoms with Crippen molar-refractivity contribution >= 4 is 11.8 Å². The van der Waals surface area contributed by atoms with Crippen molar-refractivity contribution in [3.63, 3.8) is 0 Å². The fourth-order valence-corrected chi connectivity index (χ4v) is 1.26. The minimum absolute atomic E-state index is 0.139. The third-order valence-corrected chi connectivity index (χ3v) is 2.29. The molecule has 1 aromatic heterocycles. The van der Waals surface area contributed by atoms with Gasteiger partial charge in [0.1, 0.15) is 6.26 Å². The maximum absolute atomic E-state index is 11.5. The first-order valence-electron chi connectivity index (χ1n) is 5.67. The lowest BCUT2D eigenvalue weighted by Crippen LogP contribution is -2.47. The third-order valence-electron chi connectivity index (χ3n) is 2.29. The van der Waals surface area contributed by atoms with Crippen molar-refractivity contribution < 1.29 is 19.1 Å². The van der Waals surface area contributed by atoms with Gasteiger partial charge in [-0.1, -0.05) is 0 Å². The normalized spacial score (nSPS) is 11.1. The predicted octanol–water partition coefficient (Wildman–Crippen LogP) is 0.287. The van der Waals surface area contributed by atoms with Gasteiger partial charge < -0.3 is 20.2 Å². The first-order chi connectivity index (χ1) is 8.44. The smallest absolute Gasteiger partial charge is 0.254 e. The second-order valence-corrected chi connectivity index (χ2v) is 4.61. The Labute approximate surface area is 105 Å². The van der Waals surface area contributed by atoms with E-state index in [1.807, 2.05) is 0 Å². The van der Waals surface area contributed by atoms with Crippen LogP contribution >= 0.6 is 0 Å². The average Bonchev–Trinajstić information content (AvgIpc) is 2.81. The van der Waals surface area contributed by atoms with Crippen LogP contribution < -0.4 is 10.6 Å². The number of carbonyl (C=O) groups excluding carboxylic acids is 2. The van der Waals surface area contributed by atoms with Crippen LogP contribution in [0.3, 0.4) is 0 Å². The SMILES string of the molecule is CC(C)(CO)NC(=O)CCNC(=O)c1ccoc1. The molecule has 1 aromatic rings. The van der Waals surface area contributed by atoms with Crippen molar-refractivity contribution in [1.82, 2.24) is 10.6 Å². The number of amides is 2. The molecule has 2 amide bonds. The molecule has 18 heavy (non-hydrogen) atoms. The lowest BCUT2D eigenvalue weighted by Gasteiger charge is -2.23. The van der Waals surface area contributed by atoms with Gasteiger partial charge in [-0.25, -0.2) is 0 Å². The molecule has 6 nitrogen and oxygen atoms in total. The van der Waals surface area contributed by atoms with E-state index in [1.165, 1.54) is 12.5 Å². The molecule has 0 aliphatic rings. The van der Waals surface area contributed by atoms with E-state index in [9.17, 15) is 9.59 Å². The van der Waals surface area contributed by atoms with E-state index in [0.717, 1.165) is 0 Å². The standard InChI is InChI=1S/C12H18N2O4/c1-12(2,8-15)14-10(16)3-5-13-11(17)9-4-6-18-7-9/h4,6-7,15H,3,5,8H2,1-2H3,(H,13,17)(H,14,16). The molecule has 0 aliphatic carbocycles. The van der Waals surface area contributed by atoms with E-state index in [4.69, 9.17) is 9.52 Å². The van der Waals surface area contributed by atoms with Crippen LogP contribution in [0, 0.1) is 0 Å². The van der Waals surface area contributed by atoms with E-state index < -0.39 is 5.54 Å². The summed E-state index contributed by atoms with van der Waals surface area (Å²) in [6, 6.07) is 1.55. The second kappa shape index (κ2) is 6.20.